The fraction of sp³-hybridized carbons (Fsp3) is 1.00. The highest BCUT2D eigenvalue weighted by Crippen LogP contribution is 2.35. The first-order chi connectivity index (χ1) is 4.58. The first-order valence-electron chi connectivity index (χ1n) is 3.03. The van der Waals surface area contributed by atoms with Crippen LogP contribution < -0.4 is 5.32 Å². The van der Waals surface area contributed by atoms with Crippen molar-refractivity contribution in [1.29, 1.82) is 0 Å². The third-order valence-corrected chi connectivity index (χ3v) is 2.32. The maximum atomic E-state index is 11.6. The Kier molecular flexibility index (Phi) is 2.46. The fourth-order valence-electron chi connectivity index (χ4n) is 0.918. The minimum Gasteiger partial charge on any atom is -0.316 e. The largest absolute Gasteiger partial charge is 0.442 e. The highest BCUT2D eigenvalue weighted by atomic mass is 32.2. The van der Waals surface area contributed by atoms with E-state index in [9.17, 15) is 13.2 Å². The molecule has 60 valence electrons. The Morgan fingerprint density at radius 2 is 2.10 bits per heavy atom. The molecule has 5 heteroatoms. The van der Waals surface area contributed by atoms with Crippen molar-refractivity contribution >= 4 is 11.8 Å². The Morgan fingerprint density at radius 3 is 2.50 bits per heavy atom. The monoisotopic (exact) mass is 171 g/mol. The van der Waals surface area contributed by atoms with E-state index in [0.29, 0.717) is 19.5 Å². The Balaban J connectivity index is 2.24. The van der Waals surface area contributed by atoms with Gasteiger partial charge < -0.3 is 5.32 Å². The molecule has 0 unspecified atom stereocenters. The van der Waals surface area contributed by atoms with Gasteiger partial charge >= 0.3 is 5.51 Å². The van der Waals surface area contributed by atoms with Crippen LogP contribution in [0.4, 0.5) is 13.2 Å². The Morgan fingerprint density at radius 1 is 1.40 bits per heavy atom. The van der Waals surface area contributed by atoms with Crippen LogP contribution in [0.25, 0.3) is 0 Å². The number of hydrogen-bond donors (Lipinski definition) is 1. The molecule has 1 fully saturated rings. The first kappa shape index (κ1) is 8.20. The van der Waals surface area contributed by atoms with Crippen molar-refractivity contribution in [2.45, 2.75) is 17.2 Å². The summed E-state index contributed by atoms with van der Waals surface area (Å²) in [5.41, 5.74) is -4.06. The van der Waals surface area contributed by atoms with Crippen LogP contribution in [0, 0.1) is 0 Å². The molecular formula is C5H8F3NS. The molecule has 0 aromatic rings. The van der Waals surface area contributed by atoms with Gasteiger partial charge in [0.15, 0.2) is 0 Å². The second kappa shape index (κ2) is 3.00. The second-order valence-electron chi connectivity index (χ2n) is 2.18. The van der Waals surface area contributed by atoms with Gasteiger partial charge in [0.25, 0.3) is 0 Å². The molecule has 1 aliphatic rings. The molecule has 1 nitrogen and oxygen atoms in total. The molecule has 1 heterocycles. The molecule has 1 aliphatic heterocycles. The lowest BCUT2D eigenvalue weighted by Gasteiger charge is -2.09. The van der Waals surface area contributed by atoms with Gasteiger partial charge in [-0.1, -0.05) is 0 Å². The fourth-order valence-corrected chi connectivity index (χ4v) is 1.73. The number of nitrogens with one attached hydrogen (secondary N) is 1. The minimum atomic E-state index is -4.06. The van der Waals surface area contributed by atoms with E-state index in [1.807, 2.05) is 0 Å². The molecule has 0 aromatic heterocycles. The van der Waals surface area contributed by atoms with Crippen LogP contribution in [-0.2, 0) is 0 Å². The average molecular weight is 171 g/mol. The third-order valence-electron chi connectivity index (χ3n) is 1.32. The van der Waals surface area contributed by atoms with Crippen LogP contribution >= 0.6 is 11.8 Å². The lowest BCUT2D eigenvalue weighted by atomic mass is 10.4. The Bertz CT molecular complexity index is 108. The van der Waals surface area contributed by atoms with Gasteiger partial charge in [0, 0.05) is 11.8 Å². The molecule has 0 bridgehead atoms. The van der Waals surface area contributed by atoms with Gasteiger partial charge in [-0.15, -0.1) is 0 Å². The van der Waals surface area contributed by atoms with Gasteiger partial charge in [-0.25, -0.2) is 0 Å². The zero-order valence-corrected chi connectivity index (χ0v) is 6.06. The van der Waals surface area contributed by atoms with Gasteiger partial charge in [-0.3, -0.25) is 0 Å². The van der Waals surface area contributed by atoms with Crippen molar-refractivity contribution < 1.29 is 13.2 Å². The standard InChI is InChI=1S/C5H8F3NS/c6-5(7,8)10-4-1-2-9-3-4/h4,9H,1-3H2/t4-/m1/s1. The van der Waals surface area contributed by atoms with Crippen molar-refractivity contribution in [3.8, 4) is 0 Å². The minimum absolute atomic E-state index is 0.102. The normalized spacial score (nSPS) is 27.3. The SMILES string of the molecule is FC(F)(F)S[C@@H]1CCNC1. The molecule has 0 radical (unpaired) electrons. The number of hydrogen-bond acceptors (Lipinski definition) is 2. The molecule has 1 rings (SSSR count). The van der Waals surface area contributed by atoms with Gasteiger partial charge in [0.05, 0.1) is 0 Å². The van der Waals surface area contributed by atoms with Gasteiger partial charge in [-0.2, -0.15) is 13.2 Å². The van der Waals surface area contributed by atoms with E-state index >= 15 is 0 Å². The molecule has 1 atom stereocenters. The average Bonchev–Trinajstić information content (AvgIpc) is 2.12. The van der Waals surface area contributed by atoms with E-state index < -0.39 is 5.51 Å². The highest BCUT2D eigenvalue weighted by Gasteiger charge is 2.33. The molecule has 0 aromatic carbocycles. The first-order valence-corrected chi connectivity index (χ1v) is 3.91. The lowest BCUT2D eigenvalue weighted by molar-refractivity contribution is -0.0332. The molecule has 1 N–H and O–H groups in total. The smallest absolute Gasteiger partial charge is 0.316 e. The summed E-state index contributed by atoms with van der Waals surface area (Å²) in [4.78, 5) is 0. The van der Waals surface area contributed by atoms with E-state index in [0.717, 1.165) is 0 Å². The summed E-state index contributed by atoms with van der Waals surface area (Å²) in [5.74, 6) is 0. The van der Waals surface area contributed by atoms with Crippen molar-refractivity contribution in [3.63, 3.8) is 0 Å². The van der Waals surface area contributed by atoms with Crippen LogP contribution in [-0.4, -0.2) is 23.8 Å². The second-order valence-corrected chi connectivity index (χ2v) is 3.54. The van der Waals surface area contributed by atoms with E-state index in [-0.39, 0.29) is 17.0 Å². The predicted molar refractivity (Wildman–Crippen MR) is 34.9 cm³/mol. The lowest BCUT2D eigenvalue weighted by Crippen LogP contribution is -2.15. The number of rotatable bonds is 1. The molecule has 10 heavy (non-hydrogen) atoms. The van der Waals surface area contributed by atoms with Crippen LogP contribution in [0.5, 0.6) is 0 Å². The van der Waals surface area contributed by atoms with Crippen molar-refractivity contribution in [1.82, 2.24) is 5.32 Å². The summed E-state index contributed by atoms with van der Waals surface area (Å²) in [5, 5.41) is 2.61. The number of halogens is 3. The Labute approximate surface area is 61.4 Å². The summed E-state index contributed by atoms with van der Waals surface area (Å²) < 4.78 is 34.9. The molecule has 1 saturated heterocycles. The van der Waals surface area contributed by atoms with Crippen molar-refractivity contribution in [2.24, 2.45) is 0 Å². The summed E-state index contributed by atoms with van der Waals surface area (Å²) in [6.07, 6.45) is 0.629. The van der Waals surface area contributed by atoms with E-state index in [1.165, 1.54) is 0 Å². The zero-order valence-electron chi connectivity index (χ0n) is 5.24. The summed E-state index contributed by atoms with van der Waals surface area (Å²) in [6, 6.07) is 0. The van der Waals surface area contributed by atoms with E-state index in [4.69, 9.17) is 0 Å². The van der Waals surface area contributed by atoms with Gasteiger partial charge in [0.2, 0.25) is 0 Å². The number of thioether (sulfide) groups is 1. The summed E-state index contributed by atoms with van der Waals surface area (Å²) in [6.45, 7) is 1.21. The maximum Gasteiger partial charge on any atom is 0.442 e. The van der Waals surface area contributed by atoms with Crippen LogP contribution in [0.1, 0.15) is 6.42 Å². The third kappa shape index (κ3) is 2.79. The van der Waals surface area contributed by atoms with E-state index in [2.05, 4.69) is 5.32 Å². The molecule has 0 aliphatic carbocycles. The topological polar surface area (TPSA) is 12.0 Å². The molecule has 0 spiro atoms. The van der Waals surface area contributed by atoms with Crippen molar-refractivity contribution in [2.75, 3.05) is 13.1 Å². The zero-order chi connectivity index (χ0) is 7.61. The van der Waals surface area contributed by atoms with Crippen LogP contribution in [0.2, 0.25) is 0 Å². The highest BCUT2D eigenvalue weighted by molar-refractivity contribution is 8.00. The van der Waals surface area contributed by atoms with Crippen LogP contribution in [0.15, 0.2) is 0 Å². The molecule has 0 amide bonds. The quantitative estimate of drug-likeness (QED) is 0.643. The number of alkyl halides is 3. The molecular weight excluding hydrogens is 163 g/mol. The van der Waals surface area contributed by atoms with Gasteiger partial charge in [0.1, 0.15) is 0 Å². The predicted octanol–water partition coefficient (Wildman–Crippen LogP) is 1.60. The summed E-state index contributed by atoms with van der Waals surface area (Å²) in [7, 11) is 0. The maximum absolute atomic E-state index is 11.6. The van der Waals surface area contributed by atoms with E-state index in [1.54, 1.807) is 0 Å². The van der Waals surface area contributed by atoms with Crippen LogP contribution in [0.3, 0.4) is 0 Å². The van der Waals surface area contributed by atoms with Gasteiger partial charge in [-0.05, 0) is 24.7 Å². The van der Waals surface area contributed by atoms with Crippen molar-refractivity contribution in [3.05, 3.63) is 0 Å². The Hall–Kier alpha value is 0.1000. The molecule has 0 saturated carbocycles. The summed E-state index contributed by atoms with van der Waals surface area (Å²) >= 11 is 0.102.